The van der Waals surface area contributed by atoms with E-state index in [4.69, 9.17) is 14.6 Å². The van der Waals surface area contributed by atoms with E-state index in [1.54, 1.807) is 4.90 Å². The molecular formula is C13H17N3O7S. The largest absolute Gasteiger partial charge is 0.480 e. The molecule has 24 heavy (non-hydrogen) atoms. The van der Waals surface area contributed by atoms with Crippen molar-refractivity contribution in [3.63, 3.8) is 0 Å². The van der Waals surface area contributed by atoms with Crippen LogP contribution >= 0.6 is 0 Å². The van der Waals surface area contributed by atoms with Crippen LogP contribution in [0.25, 0.3) is 0 Å². The lowest BCUT2D eigenvalue weighted by atomic mass is 10.0. The number of rotatable bonds is 5. The monoisotopic (exact) mass is 359 g/mol. The van der Waals surface area contributed by atoms with Crippen molar-refractivity contribution in [1.29, 1.82) is 0 Å². The Morgan fingerprint density at radius 2 is 1.83 bits per heavy atom. The van der Waals surface area contributed by atoms with Gasteiger partial charge in [0.15, 0.2) is 15.5 Å². The van der Waals surface area contributed by atoms with Crippen molar-refractivity contribution >= 4 is 21.8 Å². The van der Waals surface area contributed by atoms with Crippen LogP contribution in [-0.2, 0) is 21.2 Å². The summed E-state index contributed by atoms with van der Waals surface area (Å²) in [6.07, 6.45) is 1.04. The number of carbonyl (C=O) groups is 2. The predicted octanol–water partition coefficient (Wildman–Crippen LogP) is -1.26. The van der Waals surface area contributed by atoms with E-state index in [-0.39, 0.29) is 42.2 Å². The van der Waals surface area contributed by atoms with E-state index in [0.29, 0.717) is 13.1 Å². The first-order valence-electron chi connectivity index (χ1n) is 7.33. The minimum Gasteiger partial charge on any atom is -0.480 e. The highest BCUT2D eigenvalue weighted by Crippen LogP contribution is 2.28. The molecule has 2 saturated heterocycles. The summed E-state index contributed by atoms with van der Waals surface area (Å²) in [6, 6.07) is -0.753. The molecule has 1 aromatic rings. The van der Waals surface area contributed by atoms with Gasteiger partial charge in [-0.05, 0) is 0 Å². The molecule has 2 fully saturated rings. The summed E-state index contributed by atoms with van der Waals surface area (Å²) in [7, 11) is -3.25. The molecule has 0 bridgehead atoms. The zero-order chi connectivity index (χ0) is 17.5. The lowest BCUT2D eigenvalue weighted by Crippen LogP contribution is -2.59. The lowest BCUT2D eigenvalue weighted by molar-refractivity contribution is -0.140. The zero-order valence-electron chi connectivity index (χ0n) is 12.7. The quantitative estimate of drug-likeness (QED) is 0.654. The van der Waals surface area contributed by atoms with Crippen molar-refractivity contribution in [3.05, 3.63) is 17.8 Å². The number of piperazine rings is 1. The van der Waals surface area contributed by atoms with Crippen molar-refractivity contribution in [1.82, 2.24) is 14.8 Å². The molecule has 11 heteroatoms. The van der Waals surface area contributed by atoms with Crippen molar-refractivity contribution in [2.24, 2.45) is 0 Å². The van der Waals surface area contributed by atoms with Gasteiger partial charge < -0.3 is 14.6 Å². The minimum absolute atomic E-state index is 0.0553. The number of hydrogen-bond acceptors (Lipinski definition) is 8. The van der Waals surface area contributed by atoms with E-state index in [1.165, 1.54) is 0 Å². The molecular weight excluding hydrogens is 342 g/mol. The predicted molar refractivity (Wildman–Crippen MR) is 79.3 cm³/mol. The van der Waals surface area contributed by atoms with Gasteiger partial charge in [0.1, 0.15) is 6.26 Å². The maximum atomic E-state index is 12.0. The summed E-state index contributed by atoms with van der Waals surface area (Å²) in [4.78, 5) is 29.2. The molecule has 0 spiro atoms. The third-order valence-electron chi connectivity index (χ3n) is 4.35. The molecule has 3 rings (SSSR count). The molecule has 0 amide bonds. The number of oxazole rings is 1. The van der Waals surface area contributed by atoms with Gasteiger partial charge in [-0.2, -0.15) is 0 Å². The van der Waals surface area contributed by atoms with Crippen molar-refractivity contribution in [3.8, 4) is 0 Å². The lowest BCUT2D eigenvalue weighted by Gasteiger charge is -2.42. The first-order chi connectivity index (χ1) is 11.2. The van der Waals surface area contributed by atoms with Crippen LogP contribution in [0, 0.1) is 0 Å². The molecule has 0 unspecified atom stereocenters. The van der Waals surface area contributed by atoms with Gasteiger partial charge >= 0.3 is 11.9 Å². The van der Waals surface area contributed by atoms with Gasteiger partial charge in [-0.15, -0.1) is 0 Å². The van der Waals surface area contributed by atoms with Gasteiger partial charge in [0.25, 0.3) is 0 Å². The molecule has 2 aliphatic rings. The standard InChI is InChI=1S/C13H17N3O7S/c17-12(18)4-16-2-1-15(9-6-24(21,22)7-10(9)16)3-11-14-8(5-23-11)13(19)20/h5,9-10H,1-4,6-7H2,(H,17,18)(H,19,20)/t9-,10+/m0/s1. The number of aliphatic carboxylic acids is 1. The average molecular weight is 359 g/mol. The molecule has 132 valence electrons. The molecule has 2 atom stereocenters. The van der Waals surface area contributed by atoms with E-state index >= 15 is 0 Å². The van der Waals surface area contributed by atoms with Gasteiger partial charge in [-0.25, -0.2) is 18.2 Å². The molecule has 1 aromatic heterocycles. The number of sulfone groups is 1. The second-order valence-corrected chi connectivity index (χ2v) is 8.13. The van der Waals surface area contributed by atoms with E-state index < -0.39 is 27.8 Å². The highest BCUT2D eigenvalue weighted by atomic mass is 32.2. The van der Waals surface area contributed by atoms with Crippen LogP contribution in [0.1, 0.15) is 16.4 Å². The van der Waals surface area contributed by atoms with E-state index in [0.717, 1.165) is 6.26 Å². The first kappa shape index (κ1) is 16.9. The fourth-order valence-electron chi connectivity index (χ4n) is 3.32. The van der Waals surface area contributed by atoms with Crippen LogP contribution in [-0.4, -0.2) is 88.6 Å². The van der Waals surface area contributed by atoms with Gasteiger partial charge in [0.05, 0.1) is 24.6 Å². The van der Waals surface area contributed by atoms with Crippen LogP contribution < -0.4 is 0 Å². The van der Waals surface area contributed by atoms with E-state index in [2.05, 4.69) is 4.98 Å². The van der Waals surface area contributed by atoms with Crippen LogP contribution in [0.4, 0.5) is 0 Å². The van der Waals surface area contributed by atoms with Crippen LogP contribution in [0.2, 0.25) is 0 Å². The Morgan fingerprint density at radius 1 is 1.21 bits per heavy atom. The number of fused-ring (bicyclic) bond motifs is 1. The van der Waals surface area contributed by atoms with Gasteiger partial charge in [0.2, 0.25) is 5.89 Å². The van der Waals surface area contributed by atoms with Gasteiger partial charge in [0, 0.05) is 25.2 Å². The summed E-state index contributed by atoms with van der Waals surface area (Å²) >= 11 is 0. The molecule has 0 aromatic carbocycles. The molecule has 0 aliphatic carbocycles. The number of aromatic nitrogens is 1. The third-order valence-corrected chi connectivity index (χ3v) is 6.05. The second kappa shape index (κ2) is 6.15. The Hall–Kier alpha value is -1.98. The summed E-state index contributed by atoms with van der Waals surface area (Å²) < 4.78 is 29.1. The van der Waals surface area contributed by atoms with Crippen LogP contribution in [0.3, 0.4) is 0 Å². The fraction of sp³-hybridized carbons (Fsp3) is 0.615. The Labute approximate surface area is 137 Å². The minimum atomic E-state index is -3.25. The van der Waals surface area contributed by atoms with Crippen molar-refractivity contribution in [2.45, 2.75) is 18.6 Å². The fourth-order valence-corrected chi connectivity index (χ4v) is 5.36. The summed E-state index contributed by atoms with van der Waals surface area (Å²) in [5.41, 5.74) is -0.204. The van der Waals surface area contributed by atoms with Crippen molar-refractivity contribution < 1.29 is 32.6 Å². The van der Waals surface area contributed by atoms with E-state index in [9.17, 15) is 18.0 Å². The second-order valence-electron chi connectivity index (χ2n) is 5.98. The normalized spacial score (nSPS) is 27.0. The third kappa shape index (κ3) is 3.42. The Kier molecular flexibility index (Phi) is 4.32. The van der Waals surface area contributed by atoms with Crippen LogP contribution in [0.15, 0.2) is 10.7 Å². The van der Waals surface area contributed by atoms with Gasteiger partial charge in [-0.1, -0.05) is 0 Å². The molecule has 3 heterocycles. The summed E-state index contributed by atoms with van der Waals surface area (Å²) in [5.74, 6) is -2.13. The smallest absolute Gasteiger partial charge is 0.357 e. The van der Waals surface area contributed by atoms with Crippen LogP contribution in [0.5, 0.6) is 0 Å². The number of carboxylic acid groups (broad SMARTS) is 2. The first-order valence-corrected chi connectivity index (χ1v) is 9.15. The van der Waals surface area contributed by atoms with Crippen molar-refractivity contribution in [2.75, 3.05) is 31.1 Å². The Balaban J connectivity index is 1.77. The topological polar surface area (TPSA) is 141 Å². The van der Waals surface area contributed by atoms with Gasteiger partial charge in [-0.3, -0.25) is 14.6 Å². The SMILES string of the molecule is O=C(O)CN1CCN(Cc2nc(C(=O)O)co2)[C@H]2CS(=O)(=O)C[C@H]21. The maximum absolute atomic E-state index is 12.0. The Morgan fingerprint density at radius 3 is 2.42 bits per heavy atom. The zero-order valence-corrected chi connectivity index (χ0v) is 13.5. The number of aromatic carboxylic acids is 1. The molecule has 2 aliphatic heterocycles. The maximum Gasteiger partial charge on any atom is 0.357 e. The number of carboxylic acids is 2. The number of nitrogens with zero attached hydrogens (tertiary/aromatic N) is 3. The highest BCUT2D eigenvalue weighted by Gasteiger charge is 2.47. The molecule has 0 saturated carbocycles. The molecule has 2 N–H and O–H groups in total. The Bertz CT molecular complexity index is 759. The summed E-state index contributed by atoms with van der Waals surface area (Å²) in [5, 5.41) is 17.9. The molecule has 10 nitrogen and oxygen atoms in total. The summed E-state index contributed by atoms with van der Waals surface area (Å²) in [6.45, 7) is 0.849. The van der Waals surface area contributed by atoms with E-state index in [1.807, 2.05) is 4.90 Å². The number of hydrogen-bond donors (Lipinski definition) is 2. The average Bonchev–Trinajstić information content (AvgIpc) is 3.05. The molecule has 0 radical (unpaired) electrons. The highest BCUT2D eigenvalue weighted by molar-refractivity contribution is 7.91.